The molecule has 1 aromatic carbocycles. The highest BCUT2D eigenvalue weighted by Crippen LogP contribution is 2.44. The Hall–Kier alpha value is -1.96. The lowest BCUT2D eigenvalue weighted by molar-refractivity contribution is -0.135. The number of unbranched alkanes of at least 4 members (excludes halogenated alkanes) is 5. The topological polar surface area (TPSA) is 44.7 Å². The zero-order valence-corrected chi connectivity index (χ0v) is 18.7. The van der Waals surface area contributed by atoms with E-state index in [2.05, 4.69) is 17.2 Å². The highest BCUT2D eigenvalue weighted by molar-refractivity contribution is 6.12. The van der Waals surface area contributed by atoms with Crippen LogP contribution in [0.2, 0.25) is 0 Å². The van der Waals surface area contributed by atoms with Gasteiger partial charge in [0.2, 0.25) is 5.91 Å². The van der Waals surface area contributed by atoms with Crippen LogP contribution in [0.25, 0.3) is 0 Å². The zero-order valence-electron chi connectivity index (χ0n) is 18.7. The summed E-state index contributed by atoms with van der Waals surface area (Å²) in [6, 6.07) is 4.43. The third-order valence-electron chi connectivity index (χ3n) is 6.39. The molecule has 1 spiro atoms. The van der Waals surface area contributed by atoms with E-state index in [4.69, 9.17) is 0 Å². The van der Waals surface area contributed by atoms with Crippen molar-refractivity contribution >= 4 is 17.3 Å². The van der Waals surface area contributed by atoms with E-state index in [1.165, 1.54) is 18.6 Å². The molecule has 4 nitrogen and oxygen atoms in total. The minimum atomic E-state index is -4.17. The van der Waals surface area contributed by atoms with Crippen LogP contribution in [0, 0.1) is 5.82 Å². The molecule has 0 saturated carbocycles. The van der Waals surface area contributed by atoms with Crippen molar-refractivity contribution in [2.24, 2.45) is 4.99 Å². The Bertz CT molecular complexity index is 818. The maximum atomic E-state index is 14.0. The Morgan fingerprint density at radius 3 is 2.53 bits per heavy atom. The first-order valence-electron chi connectivity index (χ1n) is 11.7. The van der Waals surface area contributed by atoms with E-state index >= 15 is 0 Å². The quantitative estimate of drug-likeness (QED) is 0.255. The van der Waals surface area contributed by atoms with Crippen LogP contribution >= 0.6 is 0 Å². The van der Waals surface area contributed by atoms with Crippen LogP contribution < -0.4 is 10.2 Å². The summed E-state index contributed by atoms with van der Waals surface area (Å²) in [4.78, 5) is 19.5. The predicted molar refractivity (Wildman–Crippen MR) is 119 cm³/mol. The second-order valence-electron chi connectivity index (χ2n) is 8.92. The number of benzene rings is 1. The van der Waals surface area contributed by atoms with Crippen LogP contribution in [-0.2, 0) is 10.2 Å². The molecular weight excluding hydrogens is 422 g/mol. The number of carbonyl (C=O) groups excluding carboxylic acids is 1. The summed E-state index contributed by atoms with van der Waals surface area (Å²) in [7, 11) is 0. The number of nitrogens with one attached hydrogen (secondary N) is 1. The van der Waals surface area contributed by atoms with Gasteiger partial charge in [-0.3, -0.25) is 9.79 Å². The summed E-state index contributed by atoms with van der Waals surface area (Å²) < 4.78 is 51.5. The fourth-order valence-corrected chi connectivity index (χ4v) is 4.49. The van der Waals surface area contributed by atoms with Crippen LogP contribution in [0.5, 0.6) is 0 Å². The maximum Gasteiger partial charge on any atom is 0.389 e. The van der Waals surface area contributed by atoms with E-state index in [-0.39, 0.29) is 18.9 Å². The highest BCUT2D eigenvalue weighted by atomic mass is 19.4. The Morgan fingerprint density at radius 2 is 1.88 bits per heavy atom. The summed E-state index contributed by atoms with van der Waals surface area (Å²) in [5.41, 5.74) is 1.43. The zero-order chi connectivity index (χ0) is 23.2. The van der Waals surface area contributed by atoms with E-state index in [1.54, 1.807) is 11.0 Å². The number of fused-ring (bicyclic) bond motifs is 2. The van der Waals surface area contributed by atoms with Gasteiger partial charge in [-0.25, -0.2) is 4.39 Å². The van der Waals surface area contributed by atoms with Crippen molar-refractivity contribution in [3.8, 4) is 0 Å². The number of halogens is 4. The van der Waals surface area contributed by atoms with Crippen molar-refractivity contribution < 1.29 is 22.4 Å². The molecule has 0 atom stereocenters. The largest absolute Gasteiger partial charge is 0.389 e. The molecule has 0 aromatic heterocycles. The lowest BCUT2D eigenvalue weighted by atomic mass is 9.76. The van der Waals surface area contributed by atoms with Gasteiger partial charge in [-0.05, 0) is 43.4 Å². The number of carbonyl (C=O) groups is 1. The minimum absolute atomic E-state index is 0.0338. The number of amides is 1. The molecule has 2 heterocycles. The second kappa shape index (κ2) is 10.8. The Kier molecular flexibility index (Phi) is 8.31. The summed E-state index contributed by atoms with van der Waals surface area (Å²) in [6.45, 7) is 3.98. The Labute approximate surface area is 187 Å². The van der Waals surface area contributed by atoms with Gasteiger partial charge in [0, 0.05) is 31.8 Å². The van der Waals surface area contributed by atoms with E-state index < -0.39 is 23.8 Å². The predicted octanol–water partition coefficient (Wildman–Crippen LogP) is 5.55. The molecule has 178 valence electrons. The van der Waals surface area contributed by atoms with Crippen molar-refractivity contribution in [1.82, 2.24) is 5.32 Å². The normalized spacial score (nSPS) is 17.7. The number of hydrogen-bond donors (Lipinski definition) is 1. The smallest absolute Gasteiger partial charge is 0.314 e. The average Bonchev–Trinajstić information content (AvgIpc) is 2.94. The minimum Gasteiger partial charge on any atom is -0.314 e. The first-order chi connectivity index (χ1) is 15.3. The fourth-order valence-electron chi connectivity index (χ4n) is 4.49. The van der Waals surface area contributed by atoms with Gasteiger partial charge in [0.1, 0.15) is 11.2 Å². The molecule has 2 aliphatic heterocycles. The van der Waals surface area contributed by atoms with Gasteiger partial charge in [0.15, 0.2) is 0 Å². The summed E-state index contributed by atoms with van der Waals surface area (Å²) in [5.74, 6) is -0.492. The summed E-state index contributed by atoms with van der Waals surface area (Å²) in [5, 5.41) is 3.14. The van der Waals surface area contributed by atoms with E-state index in [9.17, 15) is 22.4 Å². The third-order valence-corrected chi connectivity index (χ3v) is 6.39. The first kappa shape index (κ1) is 24.7. The van der Waals surface area contributed by atoms with Gasteiger partial charge in [0.25, 0.3) is 0 Å². The van der Waals surface area contributed by atoms with Crippen molar-refractivity contribution in [2.45, 2.75) is 76.3 Å². The van der Waals surface area contributed by atoms with Gasteiger partial charge in [0.05, 0.1) is 12.2 Å². The number of hydrogen-bond acceptors (Lipinski definition) is 3. The van der Waals surface area contributed by atoms with Crippen molar-refractivity contribution in [3.05, 3.63) is 29.6 Å². The second-order valence-corrected chi connectivity index (χ2v) is 8.92. The molecule has 32 heavy (non-hydrogen) atoms. The molecule has 1 aromatic rings. The molecule has 8 heteroatoms. The van der Waals surface area contributed by atoms with Gasteiger partial charge in [-0.1, -0.05) is 38.7 Å². The monoisotopic (exact) mass is 455 g/mol. The molecular formula is C24H33F4N3O. The van der Waals surface area contributed by atoms with Crippen LogP contribution in [-0.4, -0.2) is 44.0 Å². The Balaban J connectivity index is 1.70. The van der Waals surface area contributed by atoms with E-state index in [1.807, 2.05) is 0 Å². The highest BCUT2D eigenvalue weighted by Gasteiger charge is 2.54. The molecule has 0 radical (unpaired) electrons. The molecule has 3 rings (SSSR count). The SMILES string of the molecule is CCCCCCCN=C(CCCCC(F)(F)F)CN1C(=O)C2(CNC2)c2ccc(F)cc21. The molecule has 1 N–H and O–H groups in total. The average molecular weight is 456 g/mol. The van der Waals surface area contributed by atoms with Gasteiger partial charge in [-0.2, -0.15) is 13.2 Å². The van der Waals surface area contributed by atoms with Gasteiger partial charge >= 0.3 is 6.18 Å². The molecule has 1 fully saturated rings. The van der Waals surface area contributed by atoms with E-state index in [0.29, 0.717) is 38.2 Å². The molecule has 1 amide bonds. The van der Waals surface area contributed by atoms with E-state index in [0.717, 1.165) is 37.0 Å². The fraction of sp³-hybridized carbons (Fsp3) is 0.667. The van der Waals surface area contributed by atoms with Crippen LogP contribution in [0.3, 0.4) is 0 Å². The third kappa shape index (κ3) is 5.88. The van der Waals surface area contributed by atoms with Gasteiger partial charge < -0.3 is 10.2 Å². The number of rotatable bonds is 12. The van der Waals surface area contributed by atoms with Gasteiger partial charge in [-0.15, -0.1) is 0 Å². The number of aliphatic imine (C=N–C) groups is 1. The maximum absolute atomic E-state index is 14.0. The molecule has 0 unspecified atom stereocenters. The lowest BCUT2D eigenvalue weighted by Crippen LogP contribution is -2.62. The number of alkyl halides is 3. The summed E-state index contributed by atoms with van der Waals surface area (Å²) >= 11 is 0. The van der Waals surface area contributed by atoms with Crippen molar-refractivity contribution in [3.63, 3.8) is 0 Å². The van der Waals surface area contributed by atoms with Crippen LogP contribution in [0.1, 0.15) is 70.3 Å². The van der Waals surface area contributed by atoms with Crippen molar-refractivity contribution in [2.75, 3.05) is 31.1 Å². The first-order valence-corrected chi connectivity index (χ1v) is 11.7. The molecule has 1 saturated heterocycles. The summed E-state index contributed by atoms with van der Waals surface area (Å²) in [6.07, 6.45) is 1.26. The van der Waals surface area contributed by atoms with Crippen LogP contribution in [0.15, 0.2) is 23.2 Å². The molecule has 0 bridgehead atoms. The Morgan fingerprint density at radius 1 is 1.12 bits per heavy atom. The molecule has 2 aliphatic rings. The van der Waals surface area contributed by atoms with Crippen LogP contribution in [0.4, 0.5) is 23.2 Å². The number of anilines is 1. The lowest BCUT2D eigenvalue weighted by Gasteiger charge is -2.38. The molecule has 0 aliphatic carbocycles. The number of nitrogens with zero attached hydrogens (tertiary/aromatic N) is 2. The standard InChI is InChI=1S/C24H33F4N3O/c1-2-3-4-5-8-13-30-19(9-6-7-12-24(26,27)28)15-31-21-14-18(25)10-11-20(21)23(22(31)32)16-29-17-23/h10-11,14,29H,2-9,12-13,15-17H2,1H3. The van der Waals surface area contributed by atoms with Crippen molar-refractivity contribution in [1.29, 1.82) is 0 Å².